The molecular formula is C9H6Cl3N3O4. The van der Waals surface area contributed by atoms with Crippen molar-refractivity contribution in [1.29, 1.82) is 0 Å². The van der Waals surface area contributed by atoms with Crippen molar-refractivity contribution in [3.8, 4) is 0 Å². The summed E-state index contributed by atoms with van der Waals surface area (Å²) in [6, 6.07) is 0.126. The molecule has 3 N–H and O–H groups in total. The summed E-state index contributed by atoms with van der Waals surface area (Å²) in [5, 5.41) is 12.7. The minimum Gasteiger partial charge on any atom is -0.478 e. The third-order valence-electron chi connectivity index (χ3n) is 1.78. The number of aromatic carboxylic acids is 1. The number of halogens is 3. The van der Waals surface area contributed by atoms with Crippen molar-refractivity contribution < 1.29 is 19.5 Å². The van der Waals surface area contributed by atoms with Crippen molar-refractivity contribution in [3.63, 3.8) is 0 Å². The standard InChI is InChI=1S/C9H6Cl3N3O4/c10-9(11,12)7(18)15-8(19)14-5-3-13-2-1-4(5)6(16)17/h1-3H,(H,16,17)(H2,14,15,18,19). The predicted molar refractivity (Wildman–Crippen MR) is 68.6 cm³/mol. The molecule has 0 aliphatic heterocycles. The minimum absolute atomic E-state index is 0.107. The van der Waals surface area contributed by atoms with E-state index in [0.717, 1.165) is 6.20 Å². The zero-order chi connectivity index (χ0) is 14.6. The normalized spacial score (nSPS) is 10.7. The first kappa shape index (κ1) is 15.5. The van der Waals surface area contributed by atoms with Gasteiger partial charge in [0.05, 0.1) is 17.4 Å². The molecule has 0 spiro atoms. The van der Waals surface area contributed by atoms with E-state index in [4.69, 9.17) is 39.9 Å². The molecule has 19 heavy (non-hydrogen) atoms. The molecule has 0 bridgehead atoms. The molecule has 1 aromatic rings. The average Bonchev–Trinajstić information content (AvgIpc) is 2.27. The van der Waals surface area contributed by atoms with Crippen molar-refractivity contribution in [2.45, 2.75) is 3.79 Å². The Labute approximate surface area is 121 Å². The van der Waals surface area contributed by atoms with Crippen molar-refractivity contribution in [3.05, 3.63) is 24.0 Å². The lowest BCUT2D eigenvalue weighted by Gasteiger charge is -2.12. The fourth-order valence-corrected chi connectivity index (χ4v) is 1.15. The summed E-state index contributed by atoms with van der Waals surface area (Å²) < 4.78 is -2.30. The van der Waals surface area contributed by atoms with Crippen LogP contribution in [0.2, 0.25) is 0 Å². The van der Waals surface area contributed by atoms with Crippen LogP contribution in [-0.2, 0) is 4.79 Å². The van der Waals surface area contributed by atoms with Gasteiger partial charge in [-0.15, -0.1) is 0 Å². The second-order valence-corrected chi connectivity index (χ2v) is 5.41. The highest BCUT2D eigenvalue weighted by Crippen LogP contribution is 2.25. The highest BCUT2D eigenvalue weighted by molar-refractivity contribution is 6.76. The smallest absolute Gasteiger partial charge is 0.337 e. The van der Waals surface area contributed by atoms with Gasteiger partial charge in [0.1, 0.15) is 0 Å². The Morgan fingerprint density at radius 1 is 1.26 bits per heavy atom. The largest absolute Gasteiger partial charge is 0.478 e. The lowest BCUT2D eigenvalue weighted by atomic mass is 10.2. The molecule has 0 atom stereocenters. The molecule has 0 saturated carbocycles. The Morgan fingerprint density at radius 3 is 2.42 bits per heavy atom. The number of carboxylic acid groups (broad SMARTS) is 1. The number of hydrogen-bond donors (Lipinski definition) is 3. The number of hydrogen-bond acceptors (Lipinski definition) is 4. The van der Waals surface area contributed by atoms with E-state index in [1.165, 1.54) is 12.3 Å². The zero-order valence-corrected chi connectivity index (χ0v) is 11.3. The van der Waals surface area contributed by atoms with Gasteiger partial charge in [-0.3, -0.25) is 15.1 Å². The molecule has 0 radical (unpaired) electrons. The number of anilines is 1. The van der Waals surface area contributed by atoms with Crippen LogP contribution in [0.3, 0.4) is 0 Å². The Bertz CT molecular complexity index is 530. The molecule has 1 aromatic heterocycles. The molecule has 0 saturated heterocycles. The number of carbonyl (C=O) groups is 3. The van der Waals surface area contributed by atoms with Crippen molar-refractivity contribution >= 4 is 58.4 Å². The Hall–Kier alpha value is -1.57. The number of amides is 3. The number of pyridine rings is 1. The number of carbonyl (C=O) groups excluding carboxylic acids is 2. The third kappa shape index (κ3) is 4.55. The molecule has 0 aliphatic carbocycles. The number of rotatable bonds is 2. The monoisotopic (exact) mass is 325 g/mol. The lowest BCUT2D eigenvalue weighted by Crippen LogP contribution is -2.41. The summed E-state index contributed by atoms with van der Waals surface area (Å²) in [4.78, 5) is 37.1. The van der Waals surface area contributed by atoms with E-state index in [1.54, 1.807) is 5.32 Å². The highest BCUT2D eigenvalue weighted by atomic mass is 35.6. The molecular weight excluding hydrogens is 320 g/mol. The van der Waals surface area contributed by atoms with Crippen LogP contribution >= 0.6 is 34.8 Å². The van der Waals surface area contributed by atoms with E-state index < -0.39 is 21.7 Å². The first-order valence-electron chi connectivity index (χ1n) is 4.58. The summed E-state index contributed by atoms with van der Waals surface area (Å²) in [6.45, 7) is 0. The third-order valence-corrected chi connectivity index (χ3v) is 2.30. The van der Waals surface area contributed by atoms with Crippen LogP contribution in [0.4, 0.5) is 10.5 Å². The molecule has 0 unspecified atom stereocenters. The molecule has 7 nitrogen and oxygen atoms in total. The van der Waals surface area contributed by atoms with Gasteiger partial charge < -0.3 is 10.4 Å². The molecule has 10 heteroatoms. The Morgan fingerprint density at radius 2 is 1.89 bits per heavy atom. The maximum Gasteiger partial charge on any atom is 0.337 e. The van der Waals surface area contributed by atoms with Crippen LogP contribution in [0.15, 0.2) is 18.5 Å². The number of nitrogens with one attached hydrogen (secondary N) is 2. The van der Waals surface area contributed by atoms with Gasteiger partial charge >= 0.3 is 12.0 Å². The van der Waals surface area contributed by atoms with Gasteiger partial charge in [-0.1, -0.05) is 34.8 Å². The van der Waals surface area contributed by atoms with E-state index in [1.807, 2.05) is 0 Å². The fourth-order valence-electron chi connectivity index (χ4n) is 1.01. The maximum atomic E-state index is 11.4. The minimum atomic E-state index is -2.30. The number of imide groups is 1. The second kappa shape index (κ2) is 6.05. The van der Waals surface area contributed by atoms with E-state index in [9.17, 15) is 14.4 Å². The van der Waals surface area contributed by atoms with E-state index >= 15 is 0 Å². The van der Waals surface area contributed by atoms with Crippen molar-refractivity contribution in [2.24, 2.45) is 0 Å². The maximum absolute atomic E-state index is 11.4. The summed E-state index contributed by atoms with van der Waals surface area (Å²) in [6.07, 6.45) is 2.34. The molecule has 0 fully saturated rings. The Balaban J connectivity index is 2.79. The van der Waals surface area contributed by atoms with E-state index in [2.05, 4.69) is 10.3 Å². The van der Waals surface area contributed by atoms with Crippen LogP contribution in [0, 0.1) is 0 Å². The van der Waals surface area contributed by atoms with Crippen LogP contribution in [0.1, 0.15) is 10.4 Å². The van der Waals surface area contributed by atoms with Gasteiger partial charge in [0.2, 0.25) is 0 Å². The zero-order valence-electron chi connectivity index (χ0n) is 8.99. The molecule has 102 valence electrons. The van der Waals surface area contributed by atoms with Crippen molar-refractivity contribution in [1.82, 2.24) is 10.3 Å². The lowest BCUT2D eigenvalue weighted by molar-refractivity contribution is -0.119. The summed E-state index contributed by atoms with van der Waals surface area (Å²) in [7, 11) is 0. The van der Waals surface area contributed by atoms with Crippen molar-refractivity contribution in [2.75, 3.05) is 5.32 Å². The topological polar surface area (TPSA) is 108 Å². The summed E-state index contributed by atoms with van der Waals surface area (Å²) >= 11 is 15.7. The molecule has 1 rings (SSSR count). The van der Waals surface area contributed by atoms with Crippen LogP contribution in [0.25, 0.3) is 0 Å². The number of carboxylic acids is 1. The van der Waals surface area contributed by atoms with Gasteiger partial charge in [0.15, 0.2) is 0 Å². The quantitative estimate of drug-likeness (QED) is 0.718. The van der Waals surface area contributed by atoms with Gasteiger partial charge in [-0.05, 0) is 6.07 Å². The number of aromatic nitrogens is 1. The number of nitrogens with zero attached hydrogens (tertiary/aromatic N) is 1. The van der Waals surface area contributed by atoms with Gasteiger partial charge in [-0.25, -0.2) is 9.59 Å². The summed E-state index contributed by atoms with van der Waals surface area (Å²) in [5.74, 6) is -2.44. The molecule has 0 aromatic carbocycles. The molecule has 1 heterocycles. The Kier molecular flexibility index (Phi) is 4.93. The van der Waals surface area contributed by atoms with Gasteiger partial charge in [0.25, 0.3) is 9.70 Å². The predicted octanol–water partition coefficient (Wildman–Crippen LogP) is 1.80. The van der Waals surface area contributed by atoms with Gasteiger partial charge in [0, 0.05) is 6.20 Å². The average molecular weight is 327 g/mol. The summed E-state index contributed by atoms with van der Waals surface area (Å²) in [5.41, 5.74) is -0.309. The van der Waals surface area contributed by atoms with Crippen LogP contribution in [0.5, 0.6) is 0 Å². The second-order valence-electron chi connectivity index (χ2n) is 3.13. The first-order valence-corrected chi connectivity index (χ1v) is 5.71. The van der Waals surface area contributed by atoms with Crippen LogP contribution in [-0.4, -0.2) is 31.8 Å². The van der Waals surface area contributed by atoms with Gasteiger partial charge in [-0.2, -0.15) is 0 Å². The fraction of sp³-hybridized carbons (Fsp3) is 0.111. The van der Waals surface area contributed by atoms with E-state index in [0.29, 0.717) is 0 Å². The van der Waals surface area contributed by atoms with Crippen LogP contribution < -0.4 is 10.6 Å². The molecule has 0 aliphatic rings. The highest BCUT2D eigenvalue weighted by Gasteiger charge is 2.32. The number of urea groups is 1. The molecule has 3 amide bonds. The first-order chi connectivity index (χ1) is 8.71. The van der Waals surface area contributed by atoms with E-state index in [-0.39, 0.29) is 11.3 Å². The number of alkyl halides is 3. The SMILES string of the molecule is O=C(NC(=O)C(Cl)(Cl)Cl)Nc1cnccc1C(=O)O.